The van der Waals surface area contributed by atoms with Crippen molar-refractivity contribution in [3.8, 4) is 5.75 Å². The van der Waals surface area contributed by atoms with E-state index in [1.807, 2.05) is 19.9 Å². The lowest BCUT2D eigenvalue weighted by Gasteiger charge is -2.44. The maximum Gasteiger partial charge on any atom is 0.394 e. The number of aliphatic hydroxyl groups excluding tert-OH is 2. The van der Waals surface area contributed by atoms with E-state index in [-0.39, 0.29) is 24.2 Å². The summed E-state index contributed by atoms with van der Waals surface area (Å²) in [5.41, 5.74) is 2.63. The van der Waals surface area contributed by atoms with Gasteiger partial charge in [0.1, 0.15) is 11.6 Å². The van der Waals surface area contributed by atoms with Crippen LogP contribution in [0.4, 0.5) is 26.0 Å². The fourth-order valence-corrected chi connectivity index (χ4v) is 4.03. The van der Waals surface area contributed by atoms with E-state index in [9.17, 15) is 19.0 Å². The third-order valence-corrected chi connectivity index (χ3v) is 5.99. The summed E-state index contributed by atoms with van der Waals surface area (Å²) < 4.78 is 30.8. The smallest absolute Gasteiger partial charge is 0.394 e. The van der Waals surface area contributed by atoms with E-state index in [2.05, 4.69) is 19.9 Å². The Hall–Kier alpha value is -2.78. The van der Waals surface area contributed by atoms with Gasteiger partial charge in [-0.05, 0) is 43.2 Å². The molecule has 1 aliphatic heterocycles. The number of hydrogen-bond acceptors (Lipinski definition) is 7. The SMILES string of the molecule is CCC(CC)C(=N)c1c(N2CC(C(O)CO)C2)ccnc1Nc1ccc(OC(C)(F)F)cc1. The Morgan fingerprint density at radius 1 is 1.24 bits per heavy atom. The lowest BCUT2D eigenvalue weighted by Crippen LogP contribution is -2.53. The van der Waals surface area contributed by atoms with Gasteiger partial charge in [-0.3, -0.25) is 0 Å². The zero-order valence-electron chi connectivity index (χ0n) is 19.2. The van der Waals surface area contributed by atoms with Crippen LogP contribution in [0.3, 0.4) is 0 Å². The summed E-state index contributed by atoms with van der Waals surface area (Å²) in [7, 11) is 0. The lowest BCUT2D eigenvalue weighted by atomic mass is 9.88. The highest BCUT2D eigenvalue weighted by molar-refractivity contribution is 6.09. The molecule has 1 fully saturated rings. The average molecular weight is 463 g/mol. The van der Waals surface area contributed by atoms with Gasteiger partial charge < -0.3 is 30.6 Å². The Labute approximate surface area is 192 Å². The molecule has 1 atom stereocenters. The Kier molecular flexibility index (Phi) is 7.86. The lowest BCUT2D eigenvalue weighted by molar-refractivity contribution is -0.158. The van der Waals surface area contributed by atoms with Crippen LogP contribution in [0, 0.1) is 17.2 Å². The van der Waals surface area contributed by atoms with E-state index in [0.29, 0.717) is 42.8 Å². The maximum atomic E-state index is 13.1. The number of ether oxygens (including phenoxy) is 1. The average Bonchev–Trinajstić information content (AvgIpc) is 2.74. The zero-order chi connectivity index (χ0) is 24.2. The van der Waals surface area contributed by atoms with Crippen LogP contribution in [0.25, 0.3) is 0 Å². The summed E-state index contributed by atoms with van der Waals surface area (Å²) in [4.78, 5) is 6.55. The molecule has 2 aromatic rings. The molecule has 180 valence electrons. The summed E-state index contributed by atoms with van der Waals surface area (Å²) >= 11 is 0. The number of nitrogens with one attached hydrogen (secondary N) is 2. The summed E-state index contributed by atoms with van der Waals surface area (Å²) in [6.07, 6.45) is -0.745. The number of hydrogen-bond donors (Lipinski definition) is 4. The van der Waals surface area contributed by atoms with Gasteiger partial charge in [0.15, 0.2) is 0 Å². The second-order valence-corrected chi connectivity index (χ2v) is 8.46. The summed E-state index contributed by atoms with van der Waals surface area (Å²) in [5, 5.41) is 31.3. The van der Waals surface area contributed by atoms with Gasteiger partial charge in [-0.2, -0.15) is 8.78 Å². The van der Waals surface area contributed by atoms with Gasteiger partial charge in [0.25, 0.3) is 0 Å². The van der Waals surface area contributed by atoms with E-state index in [4.69, 9.17) is 5.41 Å². The molecule has 4 N–H and O–H groups in total. The molecular formula is C24H32F2N4O3. The molecule has 0 aliphatic carbocycles. The van der Waals surface area contributed by atoms with Crippen LogP contribution in [-0.2, 0) is 0 Å². The van der Waals surface area contributed by atoms with Crippen molar-refractivity contribution in [1.82, 2.24) is 4.98 Å². The predicted molar refractivity (Wildman–Crippen MR) is 125 cm³/mol. The number of halogens is 2. The molecule has 1 aliphatic rings. The third-order valence-electron chi connectivity index (χ3n) is 5.99. The zero-order valence-corrected chi connectivity index (χ0v) is 19.2. The number of benzene rings is 1. The molecule has 0 radical (unpaired) electrons. The third kappa shape index (κ3) is 5.97. The largest absolute Gasteiger partial charge is 0.433 e. The maximum absolute atomic E-state index is 13.1. The minimum absolute atomic E-state index is 0.0287. The van der Waals surface area contributed by atoms with Crippen molar-refractivity contribution in [1.29, 1.82) is 5.41 Å². The number of anilines is 3. The van der Waals surface area contributed by atoms with E-state index in [0.717, 1.165) is 18.5 Å². The first-order valence-electron chi connectivity index (χ1n) is 11.2. The molecule has 3 rings (SSSR count). The van der Waals surface area contributed by atoms with Gasteiger partial charge >= 0.3 is 6.11 Å². The summed E-state index contributed by atoms with van der Waals surface area (Å²) in [6.45, 7) is 5.65. The summed E-state index contributed by atoms with van der Waals surface area (Å²) in [5.74, 6) is 0.578. The molecule has 7 nitrogen and oxygen atoms in total. The molecule has 9 heteroatoms. The highest BCUT2D eigenvalue weighted by atomic mass is 19.3. The standard InChI is InChI=1S/C24H32F2N4O3/c1-4-15(5-2)22(27)21-19(30-12-16(13-30)20(32)14-31)10-11-28-23(21)29-17-6-8-18(9-7-17)33-24(3,25)26/h6-11,15-16,20,27,31-32H,4-5,12-14H2,1-3H3,(H,28,29). The minimum Gasteiger partial charge on any atom is -0.433 e. The number of rotatable bonds is 11. The fourth-order valence-electron chi connectivity index (χ4n) is 4.03. The normalized spacial score (nSPS) is 15.3. The quantitative estimate of drug-likeness (QED) is 0.369. The number of nitrogens with zero attached hydrogens (tertiary/aromatic N) is 2. The van der Waals surface area contributed by atoms with Crippen molar-refractivity contribution in [3.05, 3.63) is 42.1 Å². The van der Waals surface area contributed by atoms with Crippen LogP contribution in [0.15, 0.2) is 36.5 Å². The van der Waals surface area contributed by atoms with Crippen molar-refractivity contribution in [2.45, 2.75) is 45.8 Å². The first kappa shape index (κ1) is 24.9. The Morgan fingerprint density at radius 3 is 2.42 bits per heavy atom. The van der Waals surface area contributed by atoms with Crippen molar-refractivity contribution in [2.24, 2.45) is 11.8 Å². The van der Waals surface area contributed by atoms with Gasteiger partial charge in [-0.15, -0.1) is 0 Å². The molecule has 2 heterocycles. The molecule has 1 saturated heterocycles. The number of alkyl halides is 2. The minimum atomic E-state index is -3.26. The molecule has 0 spiro atoms. The molecule has 1 aromatic carbocycles. The van der Waals surface area contributed by atoms with E-state index < -0.39 is 12.2 Å². The van der Waals surface area contributed by atoms with Gasteiger partial charge in [-0.25, -0.2) is 4.98 Å². The molecule has 1 aromatic heterocycles. The van der Waals surface area contributed by atoms with Crippen LogP contribution in [0.5, 0.6) is 5.75 Å². The van der Waals surface area contributed by atoms with Gasteiger partial charge in [0.2, 0.25) is 0 Å². The number of pyridine rings is 1. The number of aromatic nitrogens is 1. The van der Waals surface area contributed by atoms with Crippen LogP contribution in [0.1, 0.15) is 39.2 Å². The predicted octanol–water partition coefficient (Wildman–Crippen LogP) is 4.41. The van der Waals surface area contributed by atoms with Crippen molar-refractivity contribution in [3.63, 3.8) is 0 Å². The number of aliphatic hydroxyl groups is 2. The van der Waals surface area contributed by atoms with E-state index in [1.54, 1.807) is 18.3 Å². The Balaban J connectivity index is 1.90. The van der Waals surface area contributed by atoms with Gasteiger partial charge in [0, 0.05) is 49.4 Å². The molecule has 33 heavy (non-hydrogen) atoms. The van der Waals surface area contributed by atoms with Crippen LogP contribution in [-0.4, -0.2) is 52.8 Å². The van der Waals surface area contributed by atoms with Crippen LogP contribution >= 0.6 is 0 Å². The second-order valence-electron chi connectivity index (χ2n) is 8.46. The first-order valence-corrected chi connectivity index (χ1v) is 11.2. The monoisotopic (exact) mass is 462 g/mol. The van der Waals surface area contributed by atoms with Crippen molar-refractivity contribution in [2.75, 3.05) is 29.9 Å². The van der Waals surface area contributed by atoms with E-state index in [1.165, 1.54) is 12.1 Å². The highest BCUT2D eigenvalue weighted by Gasteiger charge is 2.35. The molecule has 0 saturated carbocycles. The fraction of sp³-hybridized carbons (Fsp3) is 0.500. The summed E-state index contributed by atoms with van der Waals surface area (Å²) in [6, 6.07) is 8.01. The molecule has 1 unspecified atom stereocenters. The molecule has 0 amide bonds. The Bertz CT molecular complexity index is 940. The van der Waals surface area contributed by atoms with Crippen molar-refractivity contribution >= 4 is 22.9 Å². The van der Waals surface area contributed by atoms with Gasteiger partial charge in [-0.1, -0.05) is 13.8 Å². The second kappa shape index (κ2) is 10.4. The van der Waals surface area contributed by atoms with Crippen molar-refractivity contribution < 1.29 is 23.7 Å². The molecule has 0 bridgehead atoms. The van der Waals surface area contributed by atoms with Crippen LogP contribution in [0.2, 0.25) is 0 Å². The van der Waals surface area contributed by atoms with Gasteiger partial charge in [0.05, 0.1) is 24.0 Å². The topological polar surface area (TPSA) is 102 Å². The van der Waals surface area contributed by atoms with Crippen LogP contribution < -0.4 is 15.0 Å². The Morgan fingerprint density at radius 2 is 1.88 bits per heavy atom. The van der Waals surface area contributed by atoms with E-state index >= 15 is 0 Å². The molecular weight excluding hydrogens is 430 g/mol. The highest BCUT2D eigenvalue weighted by Crippen LogP contribution is 2.36. The first-order chi connectivity index (χ1) is 15.7.